The predicted molar refractivity (Wildman–Crippen MR) is 68.2 cm³/mol. The number of aryl methyl sites for hydroxylation is 1. The van der Waals surface area contributed by atoms with Gasteiger partial charge in [-0.3, -0.25) is 11.3 Å². The highest BCUT2D eigenvalue weighted by atomic mass is 35.5. The highest BCUT2D eigenvalue weighted by Crippen LogP contribution is 2.35. The number of nitrogens with two attached hydrogens (primary N) is 1. The molecule has 1 unspecified atom stereocenters. The fourth-order valence-electron chi connectivity index (χ4n) is 2.33. The van der Waals surface area contributed by atoms with Gasteiger partial charge in [-0.15, -0.1) is 0 Å². The lowest BCUT2D eigenvalue weighted by molar-refractivity contribution is 0.261. The first-order valence-corrected chi connectivity index (χ1v) is 6.30. The van der Waals surface area contributed by atoms with Gasteiger partial charge in [0.2, 0.25) is 0 Å². The molecular weight excluding hydrogens is 220 g/mol. The Balaban J connectivity index is 2.14. The van der Waals surface area contributed by atoms with Crippen LogP contribution in [0.15, 0.2) is 18.2 Å². The van der Waals surface area contributed by atoms with Crippen LogP contribution in [0.25, 0.3) is 0 Å². The number of hydrazine groups is 1. The lowest BCUT2D eigenvalue weighted by Gasteiger charge is -2.30. The quantitative estimate of drug-likeness (QED) is 0.624. The van der Waals surface area contributed by atoms with Crippen molar-refractivity contribution in [2.75, 3.05) is 0 Å². The van der Waals surface area contributed by atoms with Crippen molar-refractivity contribution in [3.05, 3.63) is 34.3 Å². The first kappa shape index (κ1) is 11.9. The van der Waals surface area contributed by atoms with Crippen LogP contribution in [0.1, 0.15) is 42.9 Å². The fourth-order valence-corrected chi connectivity index (χ4v) is 2.51. The molecule has 0 aliphatic heterocycles. The van der Waals surface area contributed by atoms with Crippen LogP contribution in [0, 0.1) is 12.8 Å². The number of hydrogen-bond donors (Lipinski definition) is 2. The smallest absolute Gasteiger partial charge is 0.0465 e. The average Bonchev–Trinajstić information content (AvgIpc) is 2.21. The minimum absolute atomic E-state index is 0.240. The number of halogens is 1. The van der Waals surface area contributed by atoms with Crippen LogP contribution in [-0.4, -0.2) is 0 Å². The molecule has 1 aliphatic rings. The summed E-state index contributed by atoms with van der Waals surface area (Å²) in [5.74, 6) is 6.49. The summed E-state index contributed by atoms with van der Waals surface area (Å²) in [6.45, 7) is 2.11. The second kappa shape index (κ2) is 5.17. The van der Waals surface area contributed by atoms with Gasteiger partial charge >= 0.3 is 0 Å². The van der Waals surface area contributed by atoms with E-state index in [0.717, 1.165) is 17.4 Å². The van der Waals surface area contributed by atoms with E-state index in [1.54, 1.807) is 0 Å². The van der Waals surface area contributed by atoms with Crippen molar-refractivity contribution in [3.63, 3.8) is 0 Å². The monoisotopic (exact) mass is 238 g/mol. The molecule has 0 saturated heterocycles. The third-order valence-corrected chi connectivity index (χ3v) is 3.85. The molecule has 3 N–H and O–H groups in total. The van der Waals surface area contributed by atoms with Crippen molar-refractivity contribution in [2.24, 2.45) is 11.8 Å². The van der Waals surface area contributed by atoms with Gasteiger partial charge in [0, 0.05) is 11.1 Å². The lowest BCUT2D eigenvalue weighted by atomic mass is 9.79. The molecule has 2 rings (SSSR count). The van der Waals surface area contributed by atoms with Crippen molar-refractivity contribution in [2.45, 2.75) is 38.6 Å². The highest BCUT2D eigenvalue weighted by Gasteiger charge is 2.23. The predicted octanol–water partition coefficient (Wildman–Crippen LogP) is 3.34. The van der Waals surface area contributed by atoms with Gasteiger partial charge in [0.25, 0.3) is 0 Å². The third-order valence-electron chi connectivity index (χ3n) is 3.61. The molecule has 1 aromatic rings. The van der Waals surface area contributed by atoms with E-state index in [2.05, 4.69) is 18.4 Å². The summed E-state index contributed by atoms with van der Waals surface area (Å²) >= 11 is 6.03. The SMILES string of the molecule is Cc1ccc(Cl)cc1C(CC1CCC1)NN. The zero-order chi connectivity index (χ0) is 11.5. The zero-order valence-electron chi connectivity index (χ0n) is 9.67. The number of hydrogen-bond acceptors (Lipinski definition) is 2. The van der Waals surface area contributed by atoms with Crippen molar-refractivity contribution in [1.29, 1.82) is 0 Å². The van der Waals surface area contributed by atoms with E-state index in [4.69, 9.17) is 17.4 Å². The van der Waals surface area contributed by atoms with Crippen molar-refractivity contribution >= 4 is 11.6 Å². The first-order chi connectivity index (χ1) is 7.70. The van der Waals surface area contributed by atoms with Gasteiger partial charge in [0.1, 0.15) is 0 Å². The molecule has 0 spiro atoms. The molecular formula is C13H19ClN2. The molecule has 0 radical (unpaired) electrons. The summed E-state index contributed by atoms with van der Waals surface area (Å²) < 4.78 is 0. The van der Waals surface area contributed by atoms with Gasteiger partial charge < -0.3 is 0 Å². The molecule has 1 aromatic carbocycles. The molecule has 0 aromatic heterocycles. The van der Waals surface area contributed by atoms with Crippen molar-refractivity contribution in [1.82, 2.24) is 5.43 Å². The number of rotatable bonds is 4. The largest absolute Gasteiger partial charge is 0.271 e. The third kappa shape index (κ3) is 2.57. The summed E-state index contributed by atoms with van der Waals surface area (Å²) in [5.41, 5.74) is 5.42. The second-order valence-electron chi connectivity index (χ2n) is 4.75. The Hall–Kier alpha value is -0.570. The average molecular weight is 239 g/mol. The van der Waals surface area contributed by atoms with Gasteiger partial charge in [0.15, 0.2) is 0 Å². The summed E-state index contributed by atoms with van der Waals surface area (Å²) in [4.78, 5) is 0. The Labute approximate surface area is 102 Å². The Morgan fingerprint density at radius 3 is 2.81 bits per heavy atom. The topological polar surface area (TPSA) is 38.0 Å². The molecule has 16 heavy (non-hydrogen) atoms. The second-order valence-corrected chi connectivity index (χ2v) is 5.19. The van der Waals surface area contributed by atoms with E-state index in [9.17, 15) is 0 Å². The lowest BCUT2D eigenvalue weighted by Crippen LogP contribution is -2.31. The van der Waals surface area contributed by atoms with E-state index < -0.39 is 0 Å². The maximum absolute atomic E-state index is 6.03. The number of nitrogens with one attached hydrogen (secondary N) is 1. The Kier molecular flexibility index (Phi) is 3.85. The van der Waals surface area contributed by atoms with Gasteiger partial charge in [-0.2, -0.15) is 0 Å². The van der Waals surface area contributed by atoms with Crippen LogP contribution in [0.3, 0.4) is 0 Å². The standard InChI is InChI=1S/C13H19ClN2/c1-9-5-6-11(14)8-12(9)13(16-15)7-10-3-2-4-10/h5-6,8,10,13,16H,2-4,7,15H2,1H3. The van der Waals surface area contributed by atoms with Gasteiger partial charge in [0.05, 0.1) is 0 Å². The Bertz CT molecular complexity index is 361. The zero-order valence-corrected chi connectivity index (χ0v) is 10.4. The van der Waals surface area contributed by atoms with E-state index in [1.807, 2.05) is 12.1 Å². The van der Waals surface area contributed by atoms with Crippen molar-refractivity contribution < 1.29 is 0 Å². The molecule has 88 valence electrons. The fraction of sp³-hybridized carbons (Fsp3) is 0.538. The molecule has 0 amide bonds. The molecule has 0 heterocycles. The van der Waals surface area contributed by atoms with Crippen LogP contribution in [0.5, 0.6) is 0 Å². The van der Waals surface area contributed by atoms with Crippen LogP contribution >= 0.6 is 11.6 Å². The summed E-state index contributed by atoms with van der Waals surface area (Å²) in [6, 6.07) is 6.25. The van der Waals surface area contributed by atoms with Gasteiger partial charge in [-0.25, -0.2) is 0 Å². The highest BCUT2D eigenvalue weighted by molar-refractivity contribution is 6.30. The van der Waals surface area contributed by atoms with Crippen LogP contribution in [-0.2, 0) is 0 Å². The molecule has 1 saturated carbocycles. The van der Waals surface area contributed by atoms with E-state index in [0.29, 0.717) is 0 Å². The van der Waals surface area contributed by atoms with E-state index >= 15 is 0 Å². The minimum atomic E-state index is 0.240. The molecule has 1 atom stereocenters. The first-order valence-electron chi connectivity index (χ1n) is 5.93. The summed E-state index contributed by atoms with van der Waals surface area (Å²) in [6.07, 6.45) is 5.18. The minimum Gasteiger partial charge on any atom is -0.271 e. The van der Waals surface area contributed by atoms with Gasteiger partial charge in [-0.1, -0.05) is 36.9 Å². The van der Waals surface area contributed by atoms with Gasteiger partial charge in [-0.05, 0) is 42.5 Å². The summed E-state index contributed by atoms with van der Waals surface area (Å²) in [7, 11) is 0. The normalized spacial score (nSPS) is 18.2. The van der Waals surface area contributed by atoms with Crippen LogP contribution in [0.2, 0.25) is 5.02 Å². The van der Waals surface area contributed by atoms with E-state index in [-0.39, 0.29) is 6.04 Å². The molecule has 0 bridgehead atoms. The molecule has 2 nitrogen and oxygen atoms in total. The van der Waals surface area contributed by atoms with Crippen LogP contribution < -0.4 is 11.3 Å². The Morgan fingerprint density at radius 1 is 1.50 bits per heavy atom. The molecule has 1 fully saturated rings. The molecule has 3 heteroatoms. The number of benzene rings is 1. The maximum atomic E-state index is 6.03. The van der Waals surface area contributed by atoms with E-state index in [1.165, 1.54) is 30.4 Å². The Morgan fingerprint density at radius 2 is 2.25 bits per heavy atom. The summed E-state index contributed by atoms with van der Waals surface area (Å²) in [5, 5.41) is 0.787. The van der Waals surface area contributed by atoms with Crippen molar-refractivity contribution in [3.8, 4) is 0 Å². The maximum Gasteiger partial charge on any atom is 0.0465 e. The van der Waals surface area contributed by atoms with Crippen LogP contribution in [0.4, 0.5) is 0 Å². The molecule has 1 aliphatic carbocycles.